The van der Waals surface area contributed by atoms with E-state index in [1.165, 1.54) is 4.80 Å². The van der Waals surface area contributed by atoms with Crippen molar-refractivity contribution in [3.63, 3.8) is 0 Å². The molecule has 0 aliphatic rings. The van der Waals surface area contributed by atoms with E-state index in [2.05, 4.69) is 29.0 Å². The molecular weight excluding hydrogens is 428 g/mol. The molecule has 0 aliphatic carbocycles. The van der Waals surface area contributed by atoms with Gasteiger partial charge >= 0.3 is 5.97 Å². The highest BCUT2D eigenvalue weighted by molar-refractivity contribution is 5.88. The van der Waals surface area contributed by atoms with Crippen molar-refractivity contribution in [3.8, 4) is 17.2 Å². The van der Waals surface area contributed by atoms with Gasteiger partial charge in [-0.15, -0.1) is 15.0 Å². The molecule has 0 amide bonds. The van der Waals surface area contributed by atoms with Gasteiger partial charge in [-0.25, -0.2) is 4.79 Å². The van der Waals surface area contributed by atoms with Crippen LogP contribution in [0.15, 0.2) is 66.7 Å². The average Bonchev–Trinajstić information content (AvgIpc) is 3.23. The molecule has 0 unspecified atom stereocenters. The maximum Gasteiger partial charge on any atom is 0.338 e. The number of nitrogens with one attached hydrogen (secondary N) is 1. The van der Waals surface area contributed by atoms with E-state index in [1.807, 2.05) is 49.4 Å². The number of anilines is 2. The quantitative estimate of drug-likeness (QED) is 0.192. The molecule has 7 heteroatoms. The van der Waals surface area contributed by atoms with Crippen molar-refractivity contribution < 1.29 is 14.6 Å². The van der Waals surface area contributed by atoms with Crippen molar-refractivity contribution in [1.82, 2.24) is 15.0 Å². The second-order valence-electron chi connectivity index (χ2n) is 8.41. The highest BCUT2D eigenvalue weighted by Crippen LogP contribution is 2.30. The average molecular weight is 457 g/mol. The number of aromatic nitrogens is 3. The van der Waals surface area contributed by atoms with E-state index in [1.54, 1.807) is 19.1 Å². The second-order valence-corrected chi connectivity index (χ2v) is 8.41. The summed E-state index contributed by atoms with van der Waals surface area (Å²) in [6, 6.07) is 16.7. The van der Waals surface area contributed by atoms with E-state index in [-0.39, 0.29) is 5.75 Å². The molecule has 0 spiro atoms. The highest BCUT2D eigenvalue weighted by atomic mass is 16.5. The van der Waals surface area contributed by atoms with Crippen LogP contribution < -0.4 is 10.1 Å². The molecule has 0 radical (unpaired) electrons. The minimum Gasteiger partial charge on any atom is -0.505 e. The summed E-state index contributed by atoms with van der Waals surface area (Å²) in [6.07, 6.45) is 2.89. The van der Waals surface area contributed by atoms with E-state index in [0.29, 0.717) is 22.5 Å². The minimum absolute atomic E-state index is 0.227. The smallest absolute Gasteiger partial charge is 0.338 e. The molecule has 4 aromatic rings. The van der Waals surface area contributed by atoms with Gasteiger partial charge in [-0.3, -0.25) is 0 Å². The molecule has 34 heavy (non-hydrogen) atoms. The first-order valence-electron chi connectivity index (χ1n) is 11.3. The zero-order chi connectivity index (χ0) is 24.2. The minimum atomic E-state index is -0.452. The Morgan fingerprint density at radius 3 is 2.47 bits per heavy atom. The van der Waals surface area contributed by atoms with Crippen LogP contribution in [0, 0.1) is 6.92 Å². The number of benzene rings is 3. The number of carbonyl (C=O) groups is 1. The van der Waals surface area contributed by atoms with Gasteiger partial charge in [0.2, 0.25) is 0 Å². The second kappa shape index (κ2) is 9.79. The van der Waals surface area contributed by atoms with E-state index in [9.17, 15) is 9.90 Å². The first-order valence-corrected chi connectivity index (χ1v) is 11.3. The number of hydrogen-bond acceptors (Lipinski definition) is 6. The van der Waals surface area contributed by atoms with Gasteiger partial charge in [-0.1, -0.05) is 26.0 Å². The number of aryl methyl sites for hydroxylation is 2. The lowest BCUT2D eigenvalue weighted by Crippen LogP contribution is -2.07. The van der Waals surface area contributed by atoms with Gasteiger partial charge in [0.1, 0.15) is 28.2 Å². The maximum absolute atomic E-state index is 11.7. The summed E-state index contributed by atoms with van der Waals surface area (Å²) in [5.41, 5.74) is 5.99. The van der Waals surface area contributed by atoms with Crippen LogP contribution in [0.5, 0.6) is 11.5 Å². The number of phenols is 1. The van der Waals surface area contributed by atoms with Gasteiger partial charge in [0.05, 0.1) is 0 Å². The number of phenolic OH excluding ortho intramolecular Hbond substituents is 1. The summed E-state index contributed by atoms with van der Waals surface area (Å²) in [7, 11) is 0. The van der Waals surface area contributed by atoms with Gasteiger partial charge in [-0.2, -0.15) is 0 Å². The third-order valence-electron chi connectivity index (χ3n) is 5.41. The summed E-state index contributed by atoms with van der Waals surface area (Å²) in [6.45, 7) is 9.33. The molecule has 0 bridgehead atoms. The fourth-order valence-electron chi connectivity index (χ4n) is 3.61. The molecule has 0 saturated heterocycles. The number of fused-ring (bicyclic) bond motifs is 1. The van der Waals surface area contributed by atoms with Crippen molar-refractivity contribution >= 4 is 28.4 Å². The largest absolute Gasteiger partial charge is 0.505 e. The van der Waals surface area contributed by atoms with Crippen LogP contribution in [0.4, 0.5) is 11.4 Å². The number of hydrogen-bond donors (Lipinski definition) is 2. The van der Waals surface area contributed by atoms with Crippen molar-refractivity contribution in [3.05, 3.63) is 77.9 Å². The number of aromatic hydroxyl groups is 1. The number of nitrogens with zero attached hydrogens (tertiary/aromatic N) is 3. The SMILES string of the molecule is C=C(C)C(=O)Oc1ccc(Nc2ccc3nn(-c4cc(C)cc(CCCC)c4O)nc3c2)cc1. The number of rotatable bonds is 8. The predicted octanol–water partition coefficient (Wildman–Crippen LogP) is 6.00. The van der Waals surface area contributed by atoms with Crippen LogP contribution in [0.3, 0.4) is 0 Å². The zero-order valence-electron chi connectivity index (χ0n) is 19.6. The fourth-order valence-corrected chi connectivity index (χ4v) is 3.61. The Morgan fingerprint density at radius 2 is 1.76 bits per heavy atom. The van der Waals surface area contributed by atoms with Crippen LogP contribution in [-0.2, 0) is 11.2 Å². The van der Waals surface area contributed by atoms with Crippen molar-refractivity contribution in [2.24, 2.45) is 0 Å². The van der Waals surface area contributed by atoms with E-state index in [4.69, 9.17) is 4.74 Å². The van der Waals surface area contributed by atoms with Gasteiger partial charge in [0.25, 0.3) is 0 Å². The lowest BCUT2D eigenvalue weighted by molar-refractivity contribution is -0.130. The van der Waals surface area contributed by atoms with E-state index in [0.717, 1.165) is 47.3 Å². The van der Waals surface area contributed by atoms with Crippen LogP contribution in [-0.4, -0.2) is 26.1 Å². The summed E-state index contributed by atoms with van der Waals surface area (Å²) >= 11 is 0. The summed E-state index contributed by atoms with van der Waals surface area (Å²) in [4.78, 5) is 13.2. The third kappa shape index (κ3) is 5.09. The third-order valence-corrected chi connectivity index (χ3v) is 5.41. The molecule has 0 atom stereocenters. The Hall–Kier alpha value is -4.13. The van der Waals surface area contributed by atoms with E-state index >= 15 is 0 Å². The first kappa shape index (κ1) is 23.0. The monoisotopic (exact) mass is 456 g/mol. The Kier molecular flexibility index (Phi) is 6.63. The highest BCUT2D eigenvalue weighted by Gasteiger charge is 2.14. The van der Waals surface area contributed by atoms with Crippen LogP contribution >= 0.6 is 0 Å². The Bertz CT molecular complexity index is 1360. The fraction of sp³-hybridized carbons (Fsp3) is 0.222. The molecule has 174 valence electrons. The topological polar surface area (TPSA) is 89.3 Å². The molecule has 7 nitrogen and oxygen atoms in total. The van der Waals surface area contributed by atoms with Crippen molar-refractivity contribution in [2.75, 3.05) is 5.32 Å². The number of carbonyl (C=O) groups excluding carboxylic acids is 1. The van der Waals surface area contributed by atoms with Crippen molar-refractivity contribution in [2.45, 2.75) is 40.0 Å². The molecule has 0 saturated carbocycles. The molecule has 1 heterocycles. The molecule has 4 rings (SSSR count). The molecule has 3 aromatic carbocycles. The van der Waals surface area contributed by atoms with Gasteiger partial charge in [0, 0.05) is 16.9 Å². The van der Waals surface area contributed by atoms with Gasteiger partial charge in [-0.05, 0) is 86.3 Å². The Morgan fingerprint density at radius 1 is 1.06 bits per heavy atom. The Balaban J connectivity index is 1.56. The van der Waals surface area contributed by atoms with Gasteiger partial charge in [0.15, 0.2) is 0 Å². The zero-order valence-corrected chi connectivity index (χ0v) is 19.6. The normalized spacial score (nSPS) is 10.9. The molecular formula is C27H28N4O3. The summed E-state index contributed by atoms with van der Waals surface area (Å²) in [5, 5.41) is 23.3. The summed E-state index contributed by atoms with van der Waals surface area (Å²) in [5.74, 6) is 0.227. The molecule has 0 fully saturated rings. The molecule has 0 aliphatic heterocycles. The van der Waals surface area contributed by atoms with Gasteiger partial charge < -0.3 is 15.2 Å². The molecule has 2 N–H and O–H groups in total. The standard InChI is InChI=1S/C27H28N4O3/c1-5-6-7-19-14-18(4)15-25(26(19)32)31-29-23-13-10-21(16-24(23)30-31)28-20-8-11-22(12-9-20)34-27(33)17(2)3/h8-16,28,32H,2,5-7H2,1,3-4H3. The summed E-state index contributed by atoms with van der Waals surface area (Å²) < 4.78 is 5.22. The number of esters is 1. The number of ether oxygens (including phenoxy) is 1. The maximum atomic E-state index is 11.7. The van der Waals surface area contributed by atoms with Crippen LogP contribution in [0.25, 0.3) is 16.7 Å². The lowest BCUT2D eigenvalue weighted by Gasteiger charge is -2.10. The van der Waals surface area contributed by atoms with Crippen LogP contribution in [0.2, 0.25) is 0 Å². The van der Waals surface area contributed by atoms with E-state index < -0.39 is 5.97 Å². The number of unbranched alkanes of at least 4 members (excludes halogenated alkanes) is 1. The molecule has 1 aromatic heterocycles. The van der Waals surface area contributed by atoms with Crippen molar-refractivity contribution in [1.29, 1.82) is 0 Å². The predicted molar refractivity (Wildman–Crippen MR) is 134 cm³/mol. The van der Waals surface area contributed by atoms with Crippen LogP contribution in [0.1, 0.15) is 37.8 Å². The lowest BCUT2D eigenvalue weighted by atomic mass is 10.0. The first-order chi connectivity index (χ1) is 16.3. The Labute approximate surface area is 198 Å².